The molecule has 124 valence electrons. The van der Waals surface area contributed by atoms with Gasteiger partial charge in [0, 0.05) is 18.3 Å². The smallest absolute Gasteiger partial charge is 0.251 e. The third-order valence-corrected chi connectivity index (χ3v) is 4.56. The molecular formula is C16H16N4O3S. The first kappa shape index (κ1) is 16.2. The van der Waals surface area contributed by atoms with Crippen molar-refractivity contribution in [2.45, 2.75) is 11.3 Å². The largest absolute Gasteiger partial charge is 0.352 e. The van der Waals surface area contributed by atoms with Crippen LogP contribution >= 0.6 is 0 Å². The summed E-state index contributed by atoms with van der Waals surface area (Å²) in [5.41, 5.74) is 2.32. The van der Waals surface area contributed by atoms with Gasteiger partial charge in [0.25, 0.3) is 5.91 Å². The number of benzene rings is 1. The summed E-state index contributed by atoms with van der Waals surface area (Å²) in [6, 6.07) is 9.78. The number of pyridine rings is 1. The molecule has 2 aromatic heterocycles. The number of nitrogens with two attached hydrogens (primary N) is 1. The Morgan fingerprint density at radius 3 is 2.67 bits per heavy atom. The molecule has 1 amide bonds. The van der Waals surface area contributed by atoms with Crippen LogP contribution in [0, 0.1) is 0 Å². The molecule has 24 heavy (non-hydrogen) atoms. The quantitative estimate of drug-likeness (QED) is 0.719. The summed E-state index contributed by atoms with van der Waals surface area (Å²) in [4.78, 5) is 16.2. The fraction of sp³-hybridized carbons (Fsp3) is 0.125. The summed E-state index contributed by atoms with van der Waals surface area (Å²) in [5, 5.41) is 7.89. The van der Waals surface area contributed by atoms with E-state index in [-0.39, 0.29) is 10.8 Å². The molecule has 0 atom stereocenters. The highest BCUT2D eigenvalue weighted by molar-refractivity contribution is 7.89. The Labute approximate surface area is 139 Å². The van der Waals surface area contributed by atoms with Crippen LogP contribution in [0.3, 0.4) is 0 Å². The number of carbonyl (C=O) groups excluding carboxylic acids is 1. The zero-order valence-electron chi connectivity index (χ0n) is 12.7. The van der Waals surface area contributed by atoms with Gasteiger partial charge in [0.1, 0.15) is 0 Å². The van der Waals surface area contributed by atoms with E-state index < -0.39 is 10.0 Å². The van der Waals surface area contributed by atoms with Crippen LogP contribution in [0.4, 0.5) is 0 Å². The number of amides is 1. The molecule has 0 unspecified atom stereocenters. The molecule has 0 spiro atoms. The van der Waals surface area contributed by atoms with Crippen molar-refractivity contribution in [3.8, 4) is 0 Å². The number of sulfonamides is 1. The molecule has 8 heteroatoms. The highest BCUT2D eigenvalue weighted by Crippen LogP contribution is 2.09. The van der Waals surface area contributed by atoms with Crippen molar-refractivity contribution in [3.63, 3.8) is 0 Å². The Bertz CT molecular complexity index is 978. The van der Waals surface area contributed by atoms with Crippen molar-refractivity contribution in [2.24, 2.45) is 5.14 Å². The molecule has 7 nitrogen and oxygen atoms in total. The second kappa shape index (κ2) is 6.42. The minimum Gasteiger partial charge on any atom is -0.352 e. The lowest BCUT2D eigenvalue weighted by Gasteiger charge is -2.06. The summed E-state index contributed by atoms with van der Waals surface area (Å²) in [6.45, 7) is 0.442. The van der Waals surface area contributed by atoms with Crippen LogP contribution in [0.5, 0.6) is 0 Å². The maximum atomic E-state index is 12.1. The van der Waals surface area contributed by atoms with E-state index in [1.165, 1.54) is 12.1 Å². The fourth-order valence-corrected chi connectivity index (χ4v) is 2.84. The summed E-state index contributed by atoms with van der Waals surface area (Å²) in [7, 11) is -3.68. The van der Waals surface area contributed by atoms with Crippen molar-refractivity contribution in [2.75, 3.05) is 6.54 Å². The summed E-state index contributed by atoms with van der Waals surface area (Å²) < 4.78 is 24.2. The average Bonchev–Trinajstić information content (AvgIpc) is 3.02. The predicted molar refractivity (Wildman–Crippen MR) is 89.0 cm³/mol. The third-order valence-electron chi connectivity index (χ3n) is 3.63. The van der Waals surface area contributed by atoms with E-state index >= 15 is 0 Å². The van der Waals surface area contributed by atoms with Crippen LogP contribution in [0.25, 0.3) is 5.52 Å². The molecule has 0 saturated heterocycles. The lowest BCUT2D eigenvalue weighted by molar-refractivity contribution is 0.0954. The zero-order chi connectivity index (χ0) is 17.2. The molecule has 0 aliphatic rings. The summed E-state index contributed by atoms with van der Waals surface area (Å²) in [6.07, 6.45) is 5.72. The van der Waals surface area contributed by atoms with E-state index in [1.54, 1.807) is 43.0 Å². The number of nitrogens with zero attached hydrogens (tertiary/aromatic N) is 2. The van der Waals surface area contributed by atoms with E-state index in [2.05, 4.69) is 10.3 Å². The molecule has 0 fully saturated rings. The first-order valence-corrected chi connectivity index (χ1v) is 8.80. The molecule has 0 aliphatic heterocycles. The van der Waals surface area contributed by atoms with Crippen molar-refractivity contribution < 1.29 is 13.2 Å². The minimum atomic E-state index is -3.68. The maximum Gasteiger partial charge on any atom is 0.251 e. The van der Waals surface area contributed by atoms with Gasteiger partial charge >= 0.3 is 0 Å². The molecule has 0 aliphatic carbocycles. The SMILES string of the molecule is NS(=O)(=O)c1ccc(CCNC(=O)c2ccn3cncc3c2)cc1. The fourth-order valence-electron chi connectivity index (χ4n) is 2.33. The Kier molecular flexibility index (Phi) is 4.32. The molecule has 3 aromatic rings. The maximum absolute atomic E-state index is 12.1. The van der Waals surface area contributed by atoms with Crippen LogP contribution in [0.1, 0.15) is 15.9 Å². The Hall–Kier alpha value is -2.71. The van der Waals surface area contributed by atoms with Gasteiger partial charge in [-0.25, -0.2) is 18.5 Å². The number of carbonyl (C=O) groups is 1. The monoisotopic (exact) mass is 344 g/mol. The van der Waals surface area contributed by atoms with E-state index in [0.717, 1.165) is 11.1 Å². The van der Waals surface area contributed by atoms with E-state index in [1.807, 2.05) is 4.40 Å². The van der Waals surface area contributed by atoms with E-state index in [0.29, 0.717) is 18.5 Å². The predicted octanol–water partition coefficient (Wildman–Crippen LogP) is 0.954. The van der Waals surface area contributed by atoms with Gasteiger partial charge in [0.15, 0.2) is 0 Å². The molecule has 2 heterocycles. The van der Waals surface area contributed by atoms with Crippen molar-refractivity contribution in [3.05, 3.63) is 66.2 Å². The normalized spacial score (nSPS) is 11.5. The highest BCUT2D eigenvalue weighted by Gasteiger charge is 2.08. The van der Waals surface area contributed by atoms with Crippen molar-refractivity contribution in [1.29, 1.82) is 0 Å². The van der Waals surface area contributed by atoms with E-state index in [9.17, 15) is 13.2 Å². The number of imidazole rings is 1. The van der Waals surface area contributed by atoms with Crippen LogP contribution < -0.4 is 10.5 Å². The number of primary sulfonamides is 1. The second-order valence-corrected chi connectivity index (χ2v) is 6.90. The van der Waals surface area contributed by atoms with Gasteiger partial charge < -0.3 is 9.72 Å². The van der Waals surface area contributed by atoms with Gasteiger partial charge in [-0.05, 0) is 36.2 Å². The number of rotatable bonds is 5. The molecule has 0 saturated carbocycles. The lowest BCUT2D eigenvalue weighted by Crippen LogP contribution is -2.25. The van der Waals surface area contributed by atoms with Crippen molar-refractivity contribution in [1.82, 2.24) is 14.7 Å². The third kappa shape index (κ3) is 3.61. The van der Waals surface area contributed by atoms with Gasteiger partial charge in [-0.15, -0.1) is 0 Å². The van der Waals surface area contributed by atoms with Gasteiger partial charge in [0.05, 0.1) is 22.9 Å². The summed E-state index contributed by atoms with van der Waals surface area (Å²) >= 11 is 0. The van der Waals surface area contributed by atoms with Crippen LogP contribution in [-0.2, 0) is 16.4 Å². The Morgan fingerprint density at radius 2 is 1.96 bits per heavy atom. The zero-order valence-corrected chi connectivity index (χ0v) is 13.5. The molecular weight excluding hydrogens is 328 g/mol. The number of hydrogen-bond donors (Lipinski definition) is 2. The Morgan fingerprint density at radius 1 is 1.21 bits per heavy atom. The first-order chi connectivity index (χ1) is 11.4. The van der Waals surface area contributed by atoms with Gasteiger partial charge in [-0.2, -0.15) is 0 Å². The van der Waals surface area contributed by atoms with Gasteiger partial charge in [-0.1, -0.05) is 12.1 Å². The minimum absolute atomic E-state index is 0.0735. The van der Waals surface area contributed by atoms with Crippen molar-refractivity contribution >= 4 is 21.4 Å². The van der Waals surface area contributed by atoms with Gasteiger partial charge in [-0.3, -0.25) is 4.79 Å². The summed E-state index contributed by atoms with van der Waals surface area (Å²) in [5.74, 6) is -0.167. The molecule has 3 N–H and O–H groups in total. The molecule has 3 rings (SSSR count). The number of hydrogen-bond acceptors (Lipinski definition) is 4. The van der Waals surface area contributed by atoms with Crippen LogP contribution in [0.2, 0.25) is 0 Å². The lowest BCUT2D eigenvalue weighted by atomic mass is 10.1. The van der Waals surface area contributed by atoms with Gasteiger partial charge in [0.2, 0.25) is 10.0 Å². The average molecular weight is 344 g/mol. The standard InChI is InChI=1S/C16H16N4O3S/c17-24(22,23)15-3-1-12(2-4-15)5-7-19-16(21)13-6-8-20-11-18-10-14(20)9-13/h1-4,6,8-11H,5,7H2,(H,19,21)(H2,17,22,23). The molecule has 1 aromatic carbocycles. The second-order valence-electron chi connectivity index (χ2n) is 5.34. The van der Waals surface area contributed by atoms with E-state index in [4.69, 9.17) is 5.14 Å². The van der Waals surface area contributed by atoms with Crippen LogP contribution in [0.15, 0.2) is 60.0 Å². The number of nitrogens with one attached hydrogen (secondary N) is 1. The van der Waals surface area contributed by atoms with Crippen LogP contribution in [-0.4, -0.2) is 30.3 Å². The number of fused-ring (bicyclic) bond motifs is 1. The topological polar surface area (TPSA) is 107 Å². The Balaban J connectivity index is 1.58. The molecule has 0 bridgehead atoms. The first-order valence-electron chi connectivity index (χ1n) is 7.25. The highest BCUT2D eigenvalue weighted by atomic mass is 32.2. The molecule has 0 radical (unpaired) electrons. The number of aromatic nitrogens is 2.